The van der Waals surface area contributed by atoms with E-state index < -0.39 is 0 Å². The fourth-order valence-corrected chi connectivity index (χ4v) is 1.16. The highest BCUT2D eigenvalue weighted by molar-refractivity contribution is 5.32. The lowest BCUT2D eigenvalue weighted by molar-refractivity contribution is 0.204. The van der Waals surface area contributed by atoms with Crippen molar-refractivity contribution in [2.75, 3.05) is 6.61 Å². The van der Waals surface area contributed by atoms with Crippen molar-refractivity contribution >= 4 is 0 Å². The smallest absolute Gasteiger partial charge is 0.126 e. The third-order valence-corrected chi connectivity index (χ3v) is 2.68. The summed E-state index contributed by atoms with van der Waals surface area (Å²) in [5.41, 5.74) is 6.87. The van der Waals surface area contributed by atoms with E-state index in [1.54, 1.807) is 6.07 Å². The molecule has 0 aliphatic heterocycles. The molecule has 0 heterocycles. The van der Waals surface area contributed by atoms with Gasteiger partial charge in [-0.05, 0) is 24.0 Å². The van der Waals surface area contributed by atoms with Crippen LogP contribution in [0.25, 0.3) is 0 Å². The van der Waals surface area contributed by atoms with Gasteiger partial charge >= 0.3 is 0 Å². The minimum absolute atomic E-state index is 0.0127. The normalized spacial score (nSPS) is 13.6. The quantitative estimate of drug-likeness (QED) is 0.858. The highest BCUT2D eigenvalue weighted by Crippen LogP contribution is 2.22. The van der Waals surface area contributed by atoms with Crippen LogP contribution >= 0.6 is 0 Å². The Bertz CT molecular complexity index is 357. The lowest BCUT2D eigenvalue weighted by Gasteiger charge is -2.27. The molecule has 0 saturated heterocycles. The topological polar surface area (TPSA) is 35.2 Å². The van der Waals surface area contributed by atoms with Gasteiger partial charge in [0.15, 0.2) is 0 Å². The van der Waals surface area contributed by atoms with Crippen molar-refractivity contribution in [2.24, 2.45) is 11.1 Å². The summed E-state index contributed by atoms with van der Waals surface area (Å²) in [5.74, 6) is 0.282. The average molecular weight is 225 g/mol. The van der Waals surface area contributed by atoms with Crippen LogP contribution in [0.1, 0.15) is 26.3 Å². The first-order valence-electron chi connectivity index (χ1n) is 5.45. The third kappa shape index (κ3) is 3.49. The van der Waals surface area contributed by atoms with E-state index in [9.17, 15) is 4.39 Å². The van der Waals surface area contributed by atoms with Crippen molar-refractivity contribution in [3.63, 3.8) is 0 Å². The standard InChI is InChI=1S/C13H20FNO/c1-9-5-6-10(14)7-11(9)16-8-12(15)13(2,3)4/h5-7,12H,8,15H2,1-4H3. The number of hydrogen-bond acceptors (Lipinski definition) is 2. The molecule has 0 bridgehead atoms. The minimum Gasteiger partial charge on any atom is -0.492 e. The summed E-state index contributed by atoms with van der Waals surface area (Å²) in [4.78, 5) is 0. The second kappa shape index (κ2) is 4.83. The Morgan fingerprint density at radius 2 is 2.00 bits per heavy atom. The Balaban J connectivity index is 2.64. The lowest BCUT2D eigenvalue weighted by atomic mass is 9.88. The summed E-state index contributed by atoms with van der Waals surface area (Å²) in [6, 6.07) is 4.44. The molecular formula is C13H20FNO. The molecule has 1 rings (SSSR count). The molecule has 0 aliphatic rings. The first kappa shape index (κ1) is 13.0. The van der Waals surface area contributed by atoms with Gasteiger partial charge in [-0.2, -0.15) is 0 Å². The van der Waals surface area contributed by atoms with E-state index in [-0.39, 0.29) is 17.3 Å². The van der Waals surface area contributed by atoms with Gasteiger partial charge in [0, 0.05) is 12.1 Å². The molecule has 0 radical (unpaired) electrons. The highest BCUT2D eigenvalue weighted by atomic mass is 19.1. The Kier molecular flexibility index (Phi) is 3.92. The molecule has 0 amide bonds. The van der Waals surface area contributed by atoms with Crippen LogP contribution in [0.3, 0.4) is 0 Å². The fourth-order valence-electron chi connectivity index (χ4n) is 1.16. The van der Waals surface area contributed by atoms with Gasteiger partial charge in [0.2, 0.25) is 0 Å². The molecule has 2 nitrogen and oxygen atoms in total. The highest BCUT2D eigenvalue weighted by Gasteiger charge is 2.21. The van der Waals surface area contributed by atoms with E-state index in [4.69, 9.17) is 10.5 Å². The molecule has 0 spiro atoms. The van der Waals surface area contributed by atoms with Crippen LogP contribution in [-0.2, 0) is 0 Å². The summed E-state index contributed by atoms with van der Waals surface area (Å²) in [5, 5.41) is 0. The van der Waals surface area contributed by atoms with Crippen molar-refractivity contribution in [3.8, 4) is 5.75 Å². The van der Waals surface area contributed by atoms with Crippen LogP contribution in [0, 0.1) is 18.2 Å². The Morgan fingerprint density at radius 1 is 1.38 bits per heavy atom. The SMILES string of the molecule is Cc1ccc(F)cc1OCC(N)C(C)(C)C. The summed E-state index contributed by atoms with van der Waals surface area (Å²) in [7, 11) is 0. The van der Waals surface area contributed by atoms with E-state index >= 15 is 0 Å². The number of ether oxygens (including phenoxy) is 1. The molecule has 0 aromatic heterocycles. The number of rotatable bonds is 3. The summed E-state index contributed by atoms with van der Waals surface area (Å²) >= 11 is 0. The largest absolute Gasteiger partial charge is 0.492 e. The molecule has 16 heavy (non-hydrogen) atoms. The van der Waals surface area contributed by atoms with Gasteiger partial charge in [0.1, 0.15) is 18.2 Å². The van der Waals surface area contributed by atoms with E-state index in [1.807, 2.05) is 6.92 Å². The van der Waals surface area contributed by atoms with Gasteiger partial charge < -0.3 is 10.5 Å². The Hall–Kier alpha value is -1.09. The maximum Gasteiger partial charge on any atom is 0.126 e. The molecular weight excluding hydrogens is 205 g/mol. The number of hydrogen-bond donors (Lipinski definition) is 1. The molecule has 90 valence electrons. The molecule has 3 heteroatoms. The fraction of sp³-hybridized carbons (Fsp3) is 0.538. The van der Waals surface area contributed by atoms with Gasteiger partial charge in [-0.25, -0.2) is 4.39 Å². The van der Waals surface area contributed by atoms with Crippen molar-refractivity contribution < 1.29 is 9.13 Å². The summed E-state index contributed by atoms with van der Waals surface area (Å²) in [6.45, 7) is 8.45. The van der Waals surface area contributed by atoms with Crippen LogP contribution in [-0.4, -0.2) is 12.6 Å². The number of nitrogens with two attached hydrogens (primary N) is 1. The van der Waals surface area contributed by atoms with Crippen LogP contribution in [0.2, 0.25) is 0 Å². The van der Waals surface area contributed by atoms with Crippen LogP contribution < -0.4 is 10.5 Å². The molecule has 0 fully saturated rings. The maximum absolute atomic E-state index is 13.0. The maximum atomic E-state index is 13.0. The molecule has 0 aliphatic carbocycles. The zero-order valence-electron chi connectivity index (χ0n) is 10.4. The third-order valence-electron chi connectivity index (χ3n) is 2.68. The van der Waals surface area contributed by atoms with Gasteiger partial charge in [-0.3, -0.25) is 0 Å². The molecule has 1 atom stereocenters. The molecule has 2 N–H and O–H groups in total. The molecule has 1 unspecified atom stereocenters. The number of benzene rings is 1. The monoisotopic (exact) mass is 225 g/mol. The van der Waals surface area contributed by atoms with E-state index in [1.165, 1.54) is 12.1 Å². The van der Waals surface area contributed by atoms with Gasteiger partial charge in [0.05, 0.1) is 0 Å². The number of aryl methyl sites for hydroxylation is 1. The number of halogens is 1. The molecule has 0 saturated carbocycles. The second-order valence-electron chi connectivity index (χ2n) is 5.19. The van der Waals surface area contributed by atoms with Gasteiger partial charge in [-0.1, -0.05) is 26.8 Å². The lowest BCUT2D eigenvalue weighted by Crippen LogP contribution is -2.40. The Morgan fingerprint density at radius 3 is 2.56 bits per heavy atom. The first-order chi connectivity index (χ1) is 7.30. The summed E-state index contributed by atoms with van der Waals surface area (Å²) in [6.07, 6.45) is 0. The van der Waals surface area contributed by atoms with Gasteiger partial charge in [-0.15, -0.1) is 0 Å². The van der Waals surface area contributed by atoms with E-state index in [0.717, 1.165) is 5.56 Å². The average Bonchev–Trinajstić information content (AvgIpc) is 2.17. The minimum atomic E-state index is -0.287. The zero-order valence-corrected chi connectivity index (χ0v) is 10.4. The van der Waals surface area contributed by atoms with Crippen LogP contribution in [0.5, 0.6) is 5.75 Å². The van der Waals surface area contributed by atoms with Crippen molar-refractivity contribution in [3.05, 3.63) is 29.6 Å². The molecule has 1 aromatic carbocycles. The van der Waals surface area contributed by atoms with Crippen LogP contribution in [0.4, 0.5) is 4.39 Å². The predicted molar refractivity (Wildman–Crippen MR) is 64.1 cm³/mol. The summed E-state index contributed by atoms with van der Waals surface area (Å²) < 4.78 is 18.5. The van der Waals surface area contributed by atoms with Crippen molar-refractivity contribution in [2.45, 2.75) is 33.7 Å². The van der Waals surface area contributed by atoms with Crippen molar-refractivity contribution in [1.82, 2.24) is 0 Å². The van der Waals surface area contributed by atoms with Crippen molar-refractivity contribution in [1.29, 1.82) is 0 Å². The predicted octanol–water partition coefficient (Wildman–Crippen LogP) is 2.89. The van der Waals surface area contributed by atoms with Gasteiger partial charge in [0.25, 0.3) is 0 Å². The molecule has 1 aromatic rings. The second-order valence-corrected chi connectivity index (χ2v) is 5.19. The Labute approximate surface area is 96.6 Å². The van der Waals surface area contributed by atoms with E-state index in [2.05, 4.69) is 20.8 Å². The zero-order chi connectivity index (χ0) is 12.3. The van der Waals surface area contributed by atoms with Crippen LogP contribution in [0.15, 0.2) is 18.2 Å². The first-order valence-corrected chi connectivity index (χ1v) is 5.45. The van der Waals surface area contributed by atoms with E-state index in [0.29, 0.717) is 12.4 Å².